The zero-order valence-electron chi connectivity index (χ0n) is 11.5. The Morgan fingerprint density at radius 3 is 2.25 bits per heavy atom. The van der Waals surface area contributed by atoms with E-state index in [1.807, 2.05) is 0 Å². The van der Waals surface area contributed by atoms with Gasteiger partial charge >= 0.3 is 5.97 Å². The van der Waals surface area contributed by atoms with Crippen molar-refractivity contribution in [1.29, 1.82) is 0 Å². The number of ether oxygens (including phenoxy) is 2. The second-order valence-electron chi connectivity index (χ2n) is 4.68. The number of methoxy groups -OCH3 is 2. The molecule has 2 rings (SSSR count). The molecule has 1 amide bonds. The van der Waals surface area contributed by atoms with E-state index in [0.717, 1.165) is 0 Å². The van der Waals surface area contributed by atoms with E-state index in [1.165, 1.54) is 14.2 Å². The van der Waals surface area contributed by atoms with Gasteiger partial charge in [0.1, 0.15) is 11.5 Å². The quantitative estimate of drug-likeness (QED) is 0.897. The van der Waals surface area contributed by atoms with Crippen LogP contribution in [0.25, 0.3) is 0 Å². The summed E-state index contributed by atoms with van der Waals surface area (Å²) in [6.45, 7) is 0.697. The Morgan fingerprint density at radius 1 is 1.20 bits per heavy atom. The molecule has 0 spiro atoms. The summed E-state index contributed by atoms with van der Waals surface area (Å²) in [7, 11) is 3.03. The molecular weight excluding hydrogens is 262 g/mol. The van der Waals surface area contributed by atoms with Gasteiger partial charge in [0.2, 0.25) is 0 Å². The van der Waals surface area contributed by atoms with Gasteiger partial charge in [-0.1, -0.05) is 0 Å². The maximum absolute atomic E-state index is 12.4. The number of aliphatic carboxylic acids is 1. The van der Waals surface area contributed by atoms with Gasteiger partial charge in [-0.05, 0) is 18.6 Å². The molecule has 1 unspecified atom stereocenters. The van der Waals surface area contributed by atoms with Crippen LogP contribution in [0.1, 0.15) is 16.8 Å². The fourth-order valence-corrected chi connectivity index (χ4v) is 2.26. The topological polar surface area (TPSA) is 76.1 Å². The van der Waals surface area contributed by atoms with Crippen LogP contribution in [-0.2, 0) is 4.79 Å². The molecular formula is C14H17NO5. The Bertz CT molecular complexity index is 506. The number of amides is 1. The molecule has 0 radical (unpaired) electrons. The molecule has 0 aliphatic carbocycles. The van der Waals surface area contributed by atoms with Crippen LogP contribution in [0.4, 0.5) is 0 Å². The first kappa shape index (κ1) is 14.2. The normalized spacial score (nSPS) is 17.9. The Morgan fingerprint density at radius 2 is 1.80 bits per heavy atom. The van der Waals surface area contributed by atoms with Crippen molar-refractivity contribution in [3.05, 3.63) is 23.8 Å². The summed E-state index contributed by atoms with van der Waals surface area (Å²) in [5.74, 6) is -0.482. The molecule has 6 nitrogen and oxygen atoms in total. The van der Waals surface area contributed by atoms with E-state index >= 15 is 0 Å². The van der Waals surface area contributed by atoms with Gasteiger partial charge in [-0.15, -0.1) is 0 Å². The van der Waals surface area contributed by atoms with Crippen LogP contribution in [0.2, 0.25) is 0 Å². The molecule has 1 fully saturated rings. The van der Waals surface area contributed by atoms with Gasteiger partial charge in [0.25, 0.3) is 5.91 Å². The van der Waals surface area contributed by atoms with Crippen LogP contribution in [0, 0.1) is 5.92 Å². The SMILES string of the molecule is COc1cc(OC)cc(C(=O)N2CCC(C(=O)O)C2)c1. The summed E-state index contributed by atoms with van der Waals surface area (Å²) in [5.41, 5.74) is 0.437. The number of benzene rings is 1. The van der Waals surface area contributed by atoms with Crippen molar-refractivity contribution in [2.75, 3.05) is 27.3 Å². The van der Waals surface area contributed by atoms with Crippen molar-refractivity contribution >= 4 is 11.9 Å². The summed E-state index contributed by atoms with van der Waals surface area (Å²) in [6, 6.07) is 4.93. The van der Waals surface area contributed by atoms with E-state index in [9.17, 15) is 9.59 Å². The largest absolute Gasteiger partial charge is 0.497 e. The van der Waals surface area contributed by atoms with Gasteiger partial charge in [0.05, 0.1) is 20.1 Å². The maximum atomic E-state index is 12.4. The van der Waals surface area contributed by atoms with E-state index in [2.05, 4.69) is 0 Å². The number of carbonyl (C=O) groups is 2. The molecule has 1 heterocycles. The Kier molecular flexibility index (Phi) is 4.12. The van der Waals surface area contributed by atoms with Crippen molar-refractivity contribution in [2.45, 2.75) is 6.42 Å². The molecule has 1 aliphatic heterocycles. The molecule has 1 saturated heterocycles. The molecule has 108 valence electrons. The highest BCUT2D eigenvalue weighted by molar-refractivity contribution is 5.95. The van der Waals surface area contributed by atoms with Gasteiger partial charge < -0.3 is 19.5 Å². The van der Waals surface area contributed by atoms with Crippen molar-refractivity contribution in [3.63, 3.8) is 0 Å². The minimum atomic E-state index is -0.858. The molecule has 0 saturated carbocycles. The van der Waals surface area contributed by atoms with Crippen LogP contribution in [0.15, 0.2) is 18.2 Å². The number of carboxylic acid groups (broad SMARTS) is 1. The van der Waals surface area contributed by atoms with Crippen molar-refractivity contribution < 1.29 is 24.2 Å². The number of carbonyl (C=O) groups excluding carboxylic acids is 1. The molecule has 0 aromatic heterocycles. The van der Waals surface area contributed by atoms with E-state index in [1.54, 1.807) is 23.1 Å². The average Bonchev–Trinajstić information content (AvgIpc) is 2.95. The second kappa shape index (κ2) is 5.81. The molecule has 1 aliphatic rings. The van der Waals surface area contributed by atoms with E-state index in [0.29, 0.717) is 30.0 Å². The number of rotatable bonds is 4. The van der Waals surface area contributed by atoms with Crippen LogP contribution >= 0.6 is 0 Å². The first-order valence-electron chi connectivity index (χ1n) is 6.30. The van der Waals surface area contributed by atoms with Gasteiger partial charge in [-0.25, -0.2) is 0 Å². The minimum Gasteiger partial charge on any atom is -0.497 e. The third-order valence-corrected chi connectivity index (χ3v) is 3.42. The lowest BCUT2D eigenvalue weighted by Gasteiger charge is -2.17. The number of carboxylic acids is 1. The summed E-state index contributed by atoms with van der Waals surface area (Å²) in [5, 5.41) is 8.97. The minimum absolute atomic E-state index is 0.203. The smallest absolute Gasteiger partial charge is 0.308 e. The number of likely N-dealkylation sites (tertiary alicyclic amines) is 1. The molecule has 1 N–H and O–H groups in total. The van der Waals surface area contributed by atoms with Crippen molar-refractivity contribution in [2.24, 2.45) is 5.92 Å². The van der Waals surface area contributed by atoms with Crippen LogP contribution < -0.4 is 9.47 Å². The summed E-state index contributed by atoms with van der Waals surface area (Å²) < 4.78 is 10.2. The van der Waals surface area contributed by atoms with Crippen LogP contribution in [-0.4, -0.2) is 49.2 Å². The Balaban J connectivity index is 2.19. The summed E-state index contributed by atoms with van der Waals surface area (Å²) in [4.78, 5) is 24.9. The van der Waals surface area contributed by atoms with Gasteiger partial charge in [-0.2, -0.15) is 0 Å². The highest BCUT2D eigenvalue weighted by atomic mass is 16.5. The Hall–Kier alpha value is -2.24. The zero-order chi connectivity index (χ0) is 14.7. The molecule has 1 aromatic rings. The van der Waals surface area contributed by atoms with Gasteiger partial charge in [0.15, 0.2) is 0 Å². The van der Waals surface area contributed by atoms with E-state index in [4.69, 9.17) is 14.6 Å². The highest BCUT2D eigenvalue weighted by Gasteiger charge is 2.31. The van der Waals surface area contributed by atoms with Gasteiger partial charge in [0, 0.05) is 24.7 Å². The summed E-state index contributed by atoms with van der Waals surface area (Å²) >= 11 is 0. The standard InChI is InChI=1S/C14H17NO5/c1-19-11-5-10(6-12(7-11)20-2)13(16)15-4-3-9(8-15)14(17)18/h5-7,9H,3-4,8H2,1-2H3,(H,17,18). The van der Waals surface area contributed by atoms with E-state index in [-0.39, 0.29) is 12.5 Å². The van der Waals surface area contributed by atoms with Crippen LogP contribution in [0.3, 0.4) is 0 Å². The summed E-state index contributed by atoms with van der Waals surface area (Å²) in [6.07, 6.45) is 0.488. The number of hydrogen-bond donors (Lipinski definition) is 1. The number of nitrogens with zero attached hydrogens (tertiary/aromatic N) is 1. The fraction of sp³-hybridized carbons (Fsp3) is 0.429. The van der Waals surface area contributed by atoms with Crippen molar-refractivity contribution in [1.82, 2.24) is 4.90 Å². The van der Waals surface area contributed by atoms with Gasteiger partial charge in [-0.3, -0.25) is 9.59 Å². The first-order chi connectivity index (χ1) is 9.55. The molecule has 1 aromatic carbocycles. The average molecular weight is 279 g/mol. The molecule has 20 heavy (non-hydrogen) atoms. The third kappa shape index (κ3) is 2.84. The predicted molar refractivity (Wildman–Crippen MR) is 71.2 cm³/mol. The number of hydrogen-bond acceptors (Lipinski definition) is 4. The monoisotopic (exact) mass is 279 g/mol. The molecule has 0 bridgehead atoms. The lowest BCUT2D eigenvalue weighted by Crippen LogP contribution is -2.29. The predicted octanol–water partition coefficient (Wildman–Crippen LogP) is 1.25. The Labute approximate surface area is 116 Å². The highest BCUT2D eigenvalue weighted by Crippen LogP contribution is 2.25. The second-order valence-corrected chi connectivity index (χ2v) is 4.68. The maximum Gasteiger partial charge on any atom is 0.308 e. The fourth-order valence-electron chi connectivity index (χ4n) is 2.26. The van der Waals surface area contributed by atoms with Crippen molar-refractivity contribution in [3.8, 4) is 11.5 Å². The molecule has 1 atom stereocenters. The first-order valence-corrected chi connectivity index (χ1v) is 6.30. The third-order valence-electron chi connectivity index (χ3n) is 3.42. The lowest BCUT2D eigenvalue weighted by atomic mass is 10.1. The molecule has 6 heteroatoms. The van der Waals surface area contributed by atoms with Crippen LogP contribution in [0.5, 0.6) is 11.5 Å². The van der Waals surface area contributed by atoms with E-state index < -0.39 is 11.9 Å². The lowest BCUT2D eigenvalue weighted by molar-refractivity contribution is -0.141. The zero-order valence-corrected chi connectivity index (χ0v) is 11.5.